The van der Waals surface area contributed by atoms with Crippen molar-refractivity contribution in [3.05, 3.63) is 54.4 Å². The maximum atomic E-state index is 12.2. The lowest BCUT2D eigenvalue weighted by atomic mass is 10.1. The van der Waals surface area contributed by atoms with Crippen molar-refractivity contribution in [1.82, 2.24) is 9.97 Å². The Morgan fingerprint density at radius 1 is 1.04 bits per heavy atom. The smallest absolute Gasteiger partial charge is 0.233 e. The highest BCUT2D eigenvalue weighted by molar-refractivity contribution is 6.16. The van der Waals surface area contributed by atoms with E-state index in [0.717, 1.165) is 16.9 Å². The molecule has 2 heterocycles. The molecule has 0 saturated carbocycles. The topological polar surface area (TPSA) is 95.2 Å². The highest BCUT2D eigenvalue weighted by atomic mass is 16.2. The molecule has 1 aromatic heterocycles. The summed E-state index contributed by atoms with van der Waals surface area (Å²) in [7, 11) is 0. The van der Waals surface area contributed by atoms with Crippen LogP contribution in [0.2, 0.25) is 0 Å². The number of carbonyl (C=O) groups is 3. The molecular weight excluding hydrogens is 356 g/mol. The quantitative estimate of drug-likeness (QED) is 0.669. The van der Waals surface area contributed by atoms with Gasteiger partial charge in [-0.2, -0.15) is 0 Å². The average molecular weight is 376 g/mol. The Bertz CT molecular complexity index is 990. The summed E-state index contributed by atoms with van der Waals surface area (Å²) in [5, 5.41) is 2.83. The van der Waals surface area contributed by atoms with Crippen LogP contribution in [0, 0.1) is 0 Å². The number of aryl methyl sites for hydroxylation is 1. The molecule has 0 unspecified atom stereocenters. The van der Waals surface area contributed by atoms with E-state index in [0.29, 0.717) is 43.5 Å². The van der Waals surface area contributed by atoms with Crippen LogP contribution in [0.15, 0.2) is 48.5 Å². The first kappa shape index (κ1) is 17.9. The fraction of sp³-hybridized carbons (Fsp3) is 0.238. The van der Waals surface area contributed by atoms with Crippen molar-refractivity contribution in [2.24, 2.45) is 0 Å². The zero-order valence-electron chi connectivity index (χ0n) is 15.3. The number of H-pyrrole nitrogens is 1. The van der Waals surface area contributed by atoms with Crippen molar-refractivity contribution in [2.45, 2.75) is 32.1 Å². The fourth-order valence-electron chi connectivity index (χ4n) is 3.31. The van der Waals surface area contributed by atoms with Crippen LogP contribution in [0.3, 0.4) is 0 Å². The van der Waals surface area contributed by atoms with Crippen LogP contribution in [-0.2, 0) is 20.8 Å². The number of nitrogens with zero attached hydrogens (tertiary/aromatic N) is 2. The largest absolute Gasteiger partial charge is 0.342 e. The van der Waals surface area contributed by atoms with Crippen molar-refractivity contribution >= 4 is 40.1 Å². The lowest BCUT2D eigenvalue weighted by Crippen LogP contribution is -2.40. The first-order chi connectivity index (χ1) is 13.6. The number of nitrogens with one attached hydrogen (secondary N) is 2. The third-order valence-electron chi connectivity index (χ3n) is 4.72. The Morgan fingerprint density at radius 2 is 1.75 bits per heavy atom. The Morgan fingerprint density at radius 3 is 2.46 bits per heavy atom. The average Bonchev–Trinajstić information content (AvgIpc) is 3.11. The molecule has 1 fully saturated rings. The summed E-state index contributed by atoms with van der Waals surface area (Å²) in [5.41, 5.74) is 3.00. The van der Waals surface area contributed by atoms with Crippen molar-refractivity contribution < 1.29 is 14.4 Å². The van der Waals surface area contributed by atoms with E-state index < -0.39 is 0 Å². The van der Waals surface area contributed by atoms with Gasteiger partial charge in [-0.25, -0.2) is 4.98 Å². The summed E-state index contributed by atoms with van der Waals surface area (Å²) in [6.45, 7) is 0. The van der Waals surface area contributed by atoms with E-state index in [4.69, 9.17) is 0 Å². The van der Waals surface area contributed by atoms with Crippen molar-refractivity contribution in [3.63, 3.8) is 0 Å². The van der Waals surface area contributed by atoms with Crippen LogP contribution in [0.1, 0.15) is 31.5 Å². The van der Waals surface area contributed by atoms with Gasteiger partial charge < -0.3 is 10.3 Å². The number of para-hydroxylation sites is 2. The van der Waals surface area contributed by atoms with Gasteiger partial charge in [0, 0.05) is 31.4 Å². The number of piperidine rings is 1. The predicted octanol–water partition coefficient (Wildman–Crippen LogP) is 3.18. The van der Waals surface area contributed by atoms with E-state index in [1.54, 1.807) is 24.3 Å². The van der Waals surface area contributed by atoms with Crippen molar-refractivity contribution in [2.75, 3.05) is 10.2 Å². The standard InChI is InChI=1S/C21H20N4O3/c26-19(13-12-18-23-16-4-1-2-5-17(16)24-18)22-14-8-10-15(11-9-14)25-20(27)6-3-7-21(25)28/h1-2,4-5,8-11H,3,6-7,12-13H2,(H,22,26)(H,23,24). The maximum Gasteiger partial charge on any atom is 0.233 e. The molecule has 0 radical (unpaired) electrons. The lowest BCUT2D eigenvalue weighted by molar-refractivity contribution is -0.129. The molecule has 1 aliphatic heterocycles. The minimum atomic E-state index is -0.182. The molecule has 0 atom stereocenters. The third kappa shape index (κ3) is 3.78. The maximum absolute atomic E-state index is 12.2. The van der Waals surface area contributed by atoms with Gasteiger partial charge in [0.1, 0.15) is 5.82 Å². The van der Waals surface area contributed by atoms with Crippen molar-refractivity contribution in [3.8, 4) is 0 Å². The molecule has 0 bridgehead atoms. The zero-order valence-corrected chi connectivity index (χ0v) is 15.3. The fourth-order valence-corrected chi connectivity index (χ4v) is 3.31. The second kappa shape index (κ2) is 7.64. The molecule has 3 amide bonds. The second-order valence-electron chi connectivity index (χ2n) is 6.77. The number of benzene rings is 2. The number of fused-ring (bicyclic) bond motifs is 1. The lowest BCUT2D eigenvalue weighted by Gasteiger charge is -2.24. The minimum Gasteiger partial charge on any atom is -0.342 e. The van der Waals surface area contributed by atoms with E-state index in [-0.39, 0.29) is 17.7 Å². The number of amides is 3. The van der Waals surface area contributed by atoms with Gasteiger partial charge in [0.25, 0.3) is 0 Å². The van der Waals surface area contributed by atoms with Gasteiger partial charge in [-0.1, -0.05) is 12.1 Å². The summed E-state index contributed by atoms with van der Waals surface area (Å²) < 4.78 is 0. The van der Waals surface area contributed by atoms with Crippen LogP contribution >= 0.6 is 0 Å². The van der Waals surface area contributed by atoms with Gasteiger partial charge in [0.2, 0.25) is 17.7 Å². The van der Waals surface area contributed by atoms with Gasteiger partial charge in [-0.3, -0.25) is 19.3 Å². The molecule has 3 aromatic rings. The molecule has 28 heavy (non-hydrogen) atoms. The first-order valence-corrected chi connectivity index (χ1v) is 9.29. The molecule has 1 aliphatic rings. The SMILES string of the molecule is O=C(CCc1nc2ccccc2[nH]1)Nc1ccc(N2C(=O)CCCC2=O)cc1. The number of aromatic nitrogens is 2. The second-order valence-corrected chi connectivity index (χ2v) is 6.77. The van der Waals surface area contributed by atoms with Crippen LogP contribution in [0.4, 0.5) is 11.4 Å². The number of hydrogen-bond acceptors (Lipinski definition) is 4. The molecule has 0 aliphatic carbocycles. The number of carbonyl (C=O) groups excluding carboxylic acids is 3. The van der Waals surface area contributed by atoms with E-state index in [9.17, 15) is 14.4 Å². The summed E-state index contributed by atoms with van der Waals surface area (Å²) in [5.74, 6) is 0.282. The summed E-state index contributed by atoms with van der Waals surface area (Å²) >= 11 is 0. The van der Waals surface area contributed by atoms with E-state index in [1.165, 1.54) is 4.90 Å². The van der Waals surface area contributed by atoms with Crippen molar-refractivity contribution in [1.29, 1.82) is 0 Å². The molecule has 4 rings (SSSR count). The molecule has 0 spiro atoms. The highest BCUT2D eigenvalue weighted by Gasteiger charge is 2.27. The Kier molecular flexibility index (Phi) is 4.89. The molecule has 7 heteroatoms. The van der Waals surface area contributed by atoms with Crippen LogP contribution < -0.4 is 10.2 Å². The molecule has 7 nitrogen and oxygen atoms in total. The molecule has 2 N–H and O–H groups in total. The number of imide groups is 1. The Hall–Kier alpha value is -3.48. The Balaban J connectivity index is 1.35. The molecule has 1 saturated heterocycles. The summed E-state index contributed by atoms with van der Waals surface area (Å²) in [6.07, 6.45) is 2.17. The van der Waals surface area contributed by atoms with E-state index >= 15 is 0 Å². The number of imidazole rings is 1. The number of aromatic amines is 1. The Labute approximate surface area is 161 Å². The third-order valence-corrected chi connectivity index (χ3v) is 4.72. The summed E-state index contributed by atoms with van der Waals surface area (Å²) in [4.78, 5) is 45.1. The minimum absolute atomic E-state index is 0.127. The predicted molar refractivity (Wildman–Crippen MR) is 106 cm³/mol. The molecule has 142 valence electrons. The van der Waals surface area contributed by atoms with Crippen LogP contribution in [0.5, 0.6) is 0 Å². The molecular formula is C21H20N4O3. The van der Waals surface area contributed by atoms with Gasteiger partial charge in [0.15, 0.2) is 0 Å². The highest BCUT2D eigenvalue weighted by Crippen LogP contribution is 2.23. The van der Waals surface area contributed by atoms with Crippen LogP contribution in [-0.4, -0.2) is 27.7 Å². The molecule has 2 aromatic carbocycles. The van der Waals surface area contributed by atoms with Gasteiger partial charge >= 0.3 is 0 Å². The van der Waals surface area contributed by atoms with Gasteiger partial charge in [0.05, 0.1) is 16.7 Å². The first-order valence-electron chi connectivity index (χ1n) is 9.29. The monoisotopic (exact) mass is 376 g/mol. The van der Waals surface area contributed by atoms with Crippen LogP contribution in [0.25, 0.3) is 11.0 Å². The van der Waals surface area contributed by atoms with Gasteiger partial charge in [-0.05, 0) is 42.8 Å². The number of anilines is 2. The number of rotatable bonds is 5. The summed E-state index contributed by atoms with van der Waals surface area (Å²) in [6, 6.07) is 14.5. The van der Waals surface area contributed by atoms with E-state index in [2.05, 4.69) is 15.3 Å². The van der Waals surface area contributed by atoms with Gasteiger partial charge in [-0.15, -0.1) is 0 Å². The zero-order chi connectivity index (χ0) is 19.5. The van der Waals surface area contributed by atoms with E-state index in [1.807, 2.05) is 24.3 Å². The number of hydrogen-bond donors (Lipinski definition) is 2. The normalized spacial score (nSPS) is 14.5.